The molecule has 0 saturated heterocycles. The Labute approximate surface area is 162 Å². The molecule has 0 aliphatic carbocycles. The molecule has 3 aromatic heterocycles. The number of aromatic nitrogens is 6. The van der Waals surface area contributed by atoms with E-state index in [1.54, 1.807) is 0 Å². The topological polar surface area (TPSA) is 53.5 Å². The van der Waals surface area contributed by atoms with Crippen molar-refractivity contribution in [1.82, 2.24) is 29.3 Å². The van der Waals surface area contributed by atoms with Gasteiger partial charge in [0.1, 0.15) is 0 Å². The van der Waals surface area contributed by atoms with E-state index in [-0.39, 0.29) is 13.1 Å². The van der Waals surface area contributed by atoms with Gasteiger partial charge in [-0.2, -0.15) is 15.3 Å². The molecule has 0 atom stereocenters. The number of nitrogens with zero attached hydrogens (tertiary/aromatic N) is 6. The van der Waals surface area contributed by atoms with Crippen molar-refractivity contribution in [2.24, 2.45) is 0 Å². The molecule has 0 radical (unpaired) electrons. The first kappa shape index (κ1) is 19.9. The number of hydrogen-bond acceptors (Lipinski definition) is 3. The summed E-state index contributed by atoms with van der Waals surface area (Å²) in [6, 6.07) is 6.07. The molecule has 0 aliphatic rings. The van der Waals surface area contributed by atoms with Crippen molar-refractivity contribution in [1.29, 1.82) is 0 Å². The minimum absolute atomic E-state index is 0.00694. The normalized spacial score (nSPS) is 10.4. The van der Waals surface area contributed by atoms with Gasteiger partial charge in [-0.1, -0.05) is 39.0 Å². The second-order valence-corrected chi connectivity index (χ2v) is 7.12. The van der Waals surface area contributed by atoms with Crippen LogP contribution in [0.5, 0.6) is 0 Å². The van der Waals surface area contributed by atoms with E-state index in [9.17, 15) is 0 Å². The van der Waals surface area contributed by atoms with Gasteiger partial charge in [0.25, 0.3) is 0 Å². The number of aryl methyl sites for hydroxylation is 3. The third-order valence-corrected chi connectivity index (χ3v) is 3.63. The maximum absolute atomic E-state index is 4.80. The van der Waals surface area contributed by atoms with Crippen LogP contribution in [0, 0.1) is 6.29 Å². The molecule has 0 amide bonds. The Balaban J connectivity index is 0.000000701. The monoisotopic (exact) mass is 422 g/mol. The summed E-state index contributed by atoms with van der Waals surface area (Å²) in [6.45, 7) is 6.29. The summed E-state index contributed by atoms with van der Waals surface area (Å²) in [5.41, 5.74) is 3.13. The fourth-order valence-corrected chi connectivity index (χ4v) is 2.30. The van der Waals surface area contributed by atoms with Gasteiger partial charge in [-0.25, -0.2) is 0 Å². The standard InChI is InChI=1S/C16H21N6.2ClH.Mn/c1-4-13-7-10-20(17-13)16(21-11-8-14(5-2)18-21)22-12-9-15(6-3)19-22;;;/h7-12H,4-6H2,1-3H3;2*1H;/q-1;;;+2/p-2. The molecule has 0 aliphatic heterocycles. The first-order valence-electron chi connectivity index (χ1n) is 8.05. The fourth-order valence-electron chi connectivity index (χ4n) is 2.30. The van der Waals surface area contributed by atoms with Gasteiger partial charge < -0.3 is 0 Å². The second kappa shape index (κ2) is 9.92. The van der Waals surface area contributed by atoms with Crippen LogP contribution in [0.1, 0.15) is 37.9 Å². The molecule has 3 rings (SSSR count). The molecular weight excluding hydrogens is 402 g/mol. The Morgan fingerprint density at radius 3 is 1.24 bits per heavy atom. The van der Waals surface area contributed by atoms with E-state index in [1.807, 2.05) is 50.8 Å². The van der Waals surface area contributed by atoms with Gasteiger partial charge in [-0.15, -0.1) is 0 Å². The van der Waals surface area contributed by atoms with Gasteiger partial charge >= 0.3 is 33.3 Å². The molecule has 3 aromatic rings. The van der Waals surface area contributed by atoms with Gasteiger partial charge in [0, 0.05) is 0 Å². The van der Waals surface area contributed by atoms with Crippen LogP contribution in [0.25, 0.3) is 0 Å². The summed E-state index contributed by atoms with van der Waals surface area (Å²) >= 11 is 0.00694. The molecule has 137 valence electrons. The Morgan fingerprint density at radius 2 is 1.04 bits per heavy atom. The van der Waals surface area contributed by atoms with E-state index in [1.165, 1.54) is 0 Å². The Hall–Kier alpha value is -1.40. The molecule has 25 heavy (non-hydrogen) atoms. The Kier molecular flexibility index (Phi) is 7.90. The minimum atomic E-state index is 0.00694. The third-order valence-electron chi connectivity index (χ3n) is 3.63. The molecule has 0 bridgehead atoms. The van der Waals surface area contributed by atoms with Crippen molar-refractivity contribution < 1.29 is 13.1 Å². The van der Waals surface area contributed by atoms with Crippen molar-refractivity contribution in [2.45, 2.75) is 40.0 Å². The van der Waals surface area contributed by atoms with E-state index < -0.39 is 0 Å². The SMILES string of the molecule is CCc1ccn([C-](n2ccc(CC)n2)n2ccc(CC)n2)n1.[Cl][Mn][Cl]. The van der Waals surface area contributed by atoms with E-state index in [2.05, 4.69) is 36.1 Å². The van der Waals surface area contributed by atoms with E-state index in [0.29, 0.717) is 0 Å². The van der Waals surface area contributed by atoms with Crippen LogP contribution in [0.3, 0.4) is 0 Å². The average Bonchev–Trinajstić information content (AvgIpc) is 3.37. The van der Waals surface area contributed by atoms with Crippen LogP contribution in [0.4, 0.5) is 0 Å². The average molecular weight is 423 g/mol. The van der Waals surface area contributed by atoms with Crippen LogP contribution in [0.2, 0.25) is 0 Å². The van der Waals surface area contributed by atoms with Crippen molar-refractivity contribution in [3.8, 4) is 0 Å². The number of halogens is 2. The van der Waals surface area contributed by atoms with Crippen LogP contribution >= 0.6 is 20.2 Å². The molecule has 0 aromatic carbocycles. The molecule has 0 saturated carbocycles. The predicted octanol–water partition coefficient (Wildman–Crippen LogP) is 3.73. The summed E-state index contributed by atoms with van der Waals surface area (Å²) in [5, 5.41) is 13.8. The van der Waals surface area contributed by atoms with Gasteiger partial charge in [0.2, 0.25) is 0 Å². The molecule has 3 heterocycles. The second-order valence-electron chi connectivity index (χ2n) is 5.17. The summed E-state index contributed by atoms with van der Waals surface area (Å²) in [4.78, 5) is 0. The number of hydrogen-bond donors (Lipinski definition) is 0. The predicted molar refractivity (Wildman–Crippen MR) is 96.0 cm³/mol. The summed E-state index contributed by atoms with van der Waals surface area (Å²) in [5.74, 6) is 0. The van der Waals surface area contributed by atoms with Crippen LogP contribution in [-0.4, -0.2) is 29.3 Å². The fraction of sp³-hybridized carbons (Fsp3) is 0.375. The van der Waals surface area contributed by atoms with Crippen molar-refractivity contribution >= 4 is 20.2 Å². The van der Waals surface area contributed by atoms with Crippen LogP contribution in [0.15, 0.2) is 36.8 Å². The van der Waals surface area contributed by atoms with Crippen LogP contribution < -0.4 is 0 Å². The van der Waals surface area contributed by atoms with E-state index in [4.69, 9.17) is 20.2 Å². The first-order chi connectivity index (χ1) is 12.2. The van der Waals surface area contributed by atoms with Gasteiger partial charge in [0.15, 0.2) is 6.29 Å². The van der Waals surface area contributed by atoms with Gasteiger partial charge in [-0.05, 0) is 37.9 Å². The third kappa shape index (κ3) is 5.04. The molecule has 0 unspecified atom stereocenters. The molecule has 9 heteroatoms. The van der Waals surface area contributed by atoms with Gasteiger partial charge in [0.05, 0.1) is 17.1 Å². The number of rotatable bonds is 6. The van der Waals surface area contributed by atoms with Gasteiger partial charge in [-0.3, -0.25) is 14.0 Å². The maximum atomic E-state index is 4.80. The quantitative estimate of drug-likeness (QED) is 0.449. The molecule has 0 fully saturated rings. The van der Waals surface area contributed by atoms with E-state index >= 15 is 0 Å². The van der Waals surface area contributed by atoms with Crippen molar-refractivity contribution in [2.75, 3.05) is 0 Å². The molecular formula is C16H21Cl2MnN6-. The summed E-state index contributed by atoms with van der Waals surface area (Å²) < 4.78 is 5.49. The first-order valence-corrected chi connectivity index (χ1v) is 11.3. The Morgan fingerprint density at radius 1 is 0.760 bits per heavy atom. The van der Waals surface area contributed by atoms with Crippen molar-refractivity contribution in [3.05, 3.63) is 60.2 Å². The van der Waals surface area contributed by atoms with Crippen LogP contribution in [-0.2, 0) is 32.4 Å². The summed E-state index contributed by atoms with van der Waals surface area (Å²) in [6.07, 6.45) is 9.36. The molecule has 6 nitrogen and oxygen atoms in total. The van der Waals surface area contributed by atoms with Crippen molar-refractivity contribution in [3.63, 3.8) is 0 Å². The zero-order valence-corrected chi connectivity index (χ0v) is 17.1. The zero-order chi connectivity index (χ0) is 18.2. The summed E-state index contributed by atoms with van der Waals surface area (Å²) in [7, 11) is 9.59. The van der Waals surface area contributed by atoms with E-state index in [0.717, 1.165) is 42.6 Å². The Bertz CT molecular complexity index is 666. The zero-order valence-electron chi connectivity index (χ0n) is 14.4. The molecule has 0 spiro atoms. The molecule has 0 N–H and O–H groups in total.